The third-order valence-electron chi connectivity index (χ3n) is 4.03. The summed E-state index contributed by atoms with van der Waals surface area (Å²) in [5, 5.41) is 3.69. The molecule has 0 saturated carbocycles. The zero-order valence-electron chi connectivity index (χ0n) is 11.9. The second-order valence-electron chi connectivity index (χ2n) is 6.02. The average Bonchev–Trinajstić information content (AvgIpc) is 2.30. The number of nitrogens with zero attached hydrogens (tertiary/aromatic N) is 1. The SMILES string of the molecule is CCC(C)C1CN(CC(C)=CCl)C(C)(C)CN1. The number of nitrogens with one attached hydrogen (secondary N) is 1. The van der Waals surface area contributed by atoms with E-state index in [-0.39, 0.29) is 5.54 Å². The number of halogens is 1. The van der Waals surface area contributed by atoms with Crippen LogP contribution in [0.1, 0.15) is 41.0 Å². The van der Waals surface area contributed by atoms with Crippen LogP contribution < -0.4 is 5.32 Å². The van der Waals surface area contributed by atoms with Gasteiger partial charge < -0.3 is 5.32 Å². The Kier molecular flexibility index (Phi) is 5.49. The molecule has 2 unspecified atom stereocenters. The number of rotatable bonds is 4. The predicted molar refractivity (Wildman–Crippen MR) is 76.5 cm³/mol. The highest BCUT2D eigenvalue weighted by atomic mass is 35.5. The molecule has 0 radical (unpaired) electrons. The molecule has 0 aromatic carbocycles. The fourth-order valence-corrected chi connectivity index (χ4v) is 2.39. The molecule has 2 atom stereocenters. The van der Waals surface area contributed by atoms with E-state index in [1.54, 1.807) is 5.54 Å². The normalized spacial score (nSPS) is 28.1. The molecule has 1 aliphatic rings. The third-order valence-corrected chi connectivity index (χ3v) is 4.40. The Morgan fingerprint density at radius 3 is 2.76 bits per heavy atom. The summed E-state index contributed by atoms with van der Waals surface area (Å²) in [7, 11) is 0. The lowest BCUT2D eigenvalue weighted by atomic mass is 9.90. The monoisotopic (exact) mass is 258 g/mol. The molecule has 17 heavy (non-hydrogen) atoms. The minimum Gasteiger partial charge on any atom is -0.311 e. The highest BCUT2D eigenvalue weighted by Crippen LogP contribution is 2.23. The second kappa shape index (κ2) is 6.21. The van der Waals surface area contributed by atoms with Gasteiger partial charge in [0.15, 0.2) is 0 Å². The molecule has 0 aliphatic carbocycles. The first-order chi connectivity index (χ1) is 7.90. The van der Waals surface area contributed by atoms with Crippen LogP contribution in [-0.4, -0.2) is 36.1 Å². The van der Waals surface area contributed by atoms with Crippen molar-refractivity contribution in [2.45, 2.75) is 52.6 Å². The molecule has 0 spiro atoms. The van der Waals surface area contributed by atoms with Crippen LogP contribution in [0.25, 0.3) is 0 Å². The maximum Gasteiger partial charge on any atom is 0.0281 e. The van der Waals surface area contributed by atoms with E-state index in [1.165, 1.54) is 12.0 Å². The quantitative estimate of drug-likeness (QED) is 0.833. The molecule has 1 N–H and O–H groups in total. The van der Waals surface area contributed by atoms with Crippen molar-refractivity contribution in [2.75, 3.05) is 19.6 Å². The Labute approximate surface area is 111 Å². The first-order valence-corrected chi connectivity index (χ1v) is 7.08. The molecular weight excluding hydrogens is 232 g/mol. The first-order valence-electron chi connectivity index (χ1n) is 6.65. The van der Waals surface area contributed by atoms with Crippen LogP contribution in [0, 0.1) is 5.92 Å². The molecule has 1 rings (SSSR count). The summed E-state index contributed by atoms with van der Waals surface area (Å²) in [6.07, 6.45) is 1.23. The van der Waals surface area contributed by atoms with Gasteiger partial charge in [-0.25, -0.2) is 0 Å². The van der Waals surface area contributed by atoms with E-state index in [9.17, 15) is 0 Å². The summed E-state index contributed by atoms with van der Waals surface area (Å²) in [6.45, 7) is 14.4. The minimum absolute atomic E-state index is 0.213. The van der Waals surface area contributed by atoms with Crippen molar-refractivity contribution in [3.63, 3.8) is 0 Å². The summed E-state index contributed by atoms with van der Waals surface area (Å²) in [5.41, 5.74) is 3.16. The smallest absolute Gasteiger partial charge is 0.0281 e. The van der Waals surface area contributed by atoms with Crippen LogP contribution in [0.2, 0.25) is 0 Å². The second-order valence-corrected chi connectivity index (χ2v) is 6.24. The first kappa shape index (κ1) is 15.0. The Morgan fingerprint density at radius 2 is 2.24 bits per heavy atom. The lowest BCUT2D eigenvalue weighted by Gasteiger charge is -2.47. The van der Waals surface area contributed by atoms with E-state index < -0.39 is 0 Å². The van der Waals surface area contributed by atoms with Gasteiger partial charge in [-0.1, -0.05) is 31.9 Å². The van der Waals surface area contributed by atoms with Crippen LogP contribution in [0.3, 0.4) is 0 Å². The van der Waals surface area contributed by atoms with Crippen molar-refractivity contribution < 1.29 is 0 Å². The molecule has 1 fully saturated rings. The van der Waals surface area contributed by atoms with E-state index in [2.05, 4.69) is 44.8 Å². The molecule has 0 bridgehead atoms. The van der Waals surface area contributed by atoms with Gasteiger partial charge in [0.2, 0.25) is 0 Å². The summed E-state index contributed by atoms with van der Waals surface area (Å²) in [6, 6.07) is 0.608. The van der Waals surface area contributed by atoms with Crippen molar-refractivity contribution in [2.24, 2.45) is 5.92 Å². The Bertz CT molecular complexity index is 273. The zero-order valence-corrected chi connectivity index (χ0v) is 12.6. The van der Waals surface area contributed by atoms with Gasteiger partial charge >= 0.3 is 0 Å². The Balaban J connectivity index is 2.69. The molecular formula is C14H27ClN2. The van der Waals surface area contributed by atoms with Gasteiger partial charge in [0.25, 0.3) is 0 Å². The molecule has 0 aromatic heterocycles. The van der Waals surface area contributed by atoms with Gasteiger partial charge in [-0.3, -0.25) is 4.90 Å². The molecule has 3 heteroatoms. The molecule has 1 aliphatic heterocycles. The topological polar surface area (TPSA) is 15.3 Å². The van der Waals surface area contributed by atoms with E-state index >= 15 is 0 Å². The summed E-state index contributed by atoms with van der Waals surface area (Å²) < 4.78 is 0. The van der Waals surface area contributed by atoms with Crippen LogP contribution >= 0.6 is 11.6 Å². The zero-order chi connectivity index (χ0) is 13.1. The Morgan fingerprint density at radius 1 is 1.59 bits per heavy atom. The van der Waals surface area contributed by atoms with Crippen molar-refractivity contribution in [3.8, 4) is 0 Å². The van der Waals surface area contributed by atoms with Crippen LogP contribution in [0.15, 0.2) is 11.1 Å². The van der Waals surface area contributed by atoms with E-state index in [0.29, 0.717) is 6.04 Å². The molecule has 1 heterocycles. The molecule has 1 saturated heterocycles. The fraction of sp³-hybridized carbons (Fsp3) is 0.857. The van der Waals surface area contributed by atoms with Crippen molar-refractivity contribution in [1.82, 2.24) is 10.2 Å². The van der Waals surface area contributed by atoms with Crippen molar-refractivity contribution >= 4 is 11.6 Å². The summed E-state index contributed by atoms with van der Waals surface area (Å²) >= 11 is 5.79. The van der Waals surface area contributed by atoms with Crippen LogP contribution in [0.4, 0.5) is 0 Å². The maximum absolute atomic E-state index is 5.79. The van der Waals surface area contributed by atoms with E-state index in [4.69, 9.17) is 11.6 Å². The van der Waals surface area contributed by atoms with Gasteiger partial charge in [0.05, 0.1) is 0 Å². The highest BCUT2D eigenvalue weighted by Gasteiger charge is 2.35. The van der Waals surface area contributed by atoms with E-state index in [0.717, 1.165) is 25.6 Å². The maximum atomic E-state index is 5.79. The molecule has 2 nitrogen and oxygen atoms in total. The summed E-state index contributed by atoms with van der Waals surface area (Å²) in [4.78, 5) is 2.55. The number of hydrogen-bond donors (Lipinski definition) is 1. The van der Waals surface area contributed by atoms with Gasteiger partial charge in [-0.05, 0) is 32.3 Å². The predicted octanol–water partition coefficient (Wildman–Crippen LogP) is 3.23. The lowest BCUT2D eigenvalue weighted by Crippen LogP contribution is -2.63. The number of piperazine rings is 1. The average molecular weight is 259 g/mol. The summed E-state index contributed by atoms with van der Waals surface area (Å²) in [5.74, 6) is 0.730. The van der Waals surface area contributed by atoms with Crippen LogP contribution in [-0.2, 0) is 0 Å². The van der Waals surface area contributed by atoms with Crippen molar-refractivity contribution in [3.05, 3.63) is 11.1 Å². The Hall–Kier alpha value is -0.0500. The van der Waals surface area contributed by atoms with Gasteiger partial charge in [0.1, 0.15) is 0 Å². The standard InChI is InChI=1S/C14H27ClN2/c1-6-12(3)13-9-17(8-11(2)7-15)14(4,5)10-16-13/h7,12-13,16H,6,8-10H2,1-5H3. The lowest BCUT2D eigenvalue weighted by molar-refractivity contribution is 0.0608. The molecule has 0 amide bonds. The third kappa shape index (κ3) is 3.97. The number of hydrogen-bond acceptors (Lipinski definition) is 2. The van der Waals surface area contributed by atoms with Crippen molar-refractivity contribution in [1.29, 1.82) is 0 Å². The van der Waals surface area contributed by atoms with Gasteiger partial charge in [0, 0.05) is 36.8 Å². The molecule has 0 aromatic rings. The van der Waals surface area contributed by atoms with Crippen LogP contribution in [0.5, 0.6) is 0 Å². The fourth-order valence-electron chi connectivity index (χ4n) is 2.32. The highest BCUT2D eigenvalue weighted by molar-refractivity contribution is 6.25. The van der Waals surface area contributed by atoms with Gasteiger partial charge in [-0.15, -0.1) is 0 Å². The minimum atomic E-state index is 0.213. The largest absolute Gasteiger partial charge is 0.311 e. The van der Waals surface area contributed by atoms with E-state index in [1.807, 2.05) is 0 Å². The molecule has 100 valence electrons. The van der Waals surface area contributed by atoms with Gasteiger partial charge in [-0.2, -0.15) is 0 Å².